The smallest absolute Gasteiger partial charge is 0.337 e. The van der Waals surface area contributed by atoms with Crippen LogP contribution < -0.4 is 0 Å². The molecule has 0 spiro atoms. The standard InChI is InChI=1S/C14H15NO2/c1-9-2-5-11-12(14(16)17)8-15(13(11)6-9)7-10-3-4-10/h2,5-6,8,10H,3-4,7H2,1H3,(H,16,17). The number of carboxylic acid groups (broad SMARTS) is 1. The highest BCUT2D eigenvalue weighted by atomic mass is 16.4. The summed E-state index contributed by atoms with van der Waals surface area (Å²) in [5.41, 5.74) is 2.64. The first-order valence-electron chi connectivity index (χ1n) is 5.98. The molecule has 1 N–H and O–H groups in total. The summed E-state index contributed by atoms with van der Waals surface area (Å²) in [5.74, 6) is -0.0962. The van der Waals surface area contributed by atoms with Gasteiger partial charge in [0.1, 0.15) is 0 Å². The molecule has 1 aliphatic carbocycles. The van der Waals surface area contributed by atoms with Crippen molar-refractivity contribution in [3.8, 4) is 0 Å². The Labute approximate surface area is 99.7 Å². The van der Waals surface area contributed by atoms with Gasteiger partial charge in [-0.15, -0.1) is 0 Å². The average Bonchev–Trinajstić information content (AvgIpc) is 3.01. The summed E-state index contributed by atoms with van der Waals surface area (Å²) in [6.07, 6.45) is 4.33. The van der Waals surface area contributed by atoms with E-state index in [9.17, 15) is 9.90 Å². The lowest BCUT2D eigenvalue weighted by molar-refractivity contribution is 0.0698. The second-order valence-electron chi connectivity index (χ2n) is 4.96. The van der Waals surface area contributed by atoms with E-state index in [1.807, 2.05) is 19.1 Å². The van der Waals surface area contributed by atoms with Crippen molar-refractivity contribution in [1.82, 2.24) is 4.57 Å². The third kappa shape index (κ3) is 1.82. The number of fused-ring (bicyclic) bond motifs is 1. The molecule has 1 saturated carbocycles. The number of hydrogen-bond acceptors (Lipinski definition) is 1. The van der Waals surface area contributed by atoms with Crippen LogP contribution in [-0.4, -0.2) is 15.6 Å². The Kier molecular flexibility index (Phi) is 2.21. The molecule has 3 nitrogen and oxygen atoms in total. The number of aromatic carboxylic acids is 1. The zero-order valence-electron chi connectivity index (χ0n) is 9.81. The fourth-order valence-electron chi connectivity index (χ4n) is 2.30. The van der Waals surface area contributed by atoms with Crippen molar-refractivity contribution in [2.45, 2.75) is 26.3 Å². The molecule has 1 aromatic carbocycles. The zero-order chi connectivity index (χ0) is 12.0. The van der Waals surface area contributed by atoms with Crippen LogP contribution in [0.1, 0.15) is 28.8 Å². The Morgan fingerprint density at radius 1 is 1.47 bits per heavy atom. The van der Waals surface area contributed by atoms with Gasteiger partial charge in [-0.25, -0.2) is 4.79 Å². The van der Waals surface area contributed by atoms with E-state index in [1.54, 1.807) is 6.20 Å². The highest BCUT2D eigenvalue weighted by Crippen LogP contribution is 2.33. The predicted molar refractivity (Wildman–Crippen MR) is 66.4 cm³/mol. The normalized spacial score (nSPS) is 15.4. The Bertz CT molecular complexity index is 594. The maximum atomic E-state index is 11.2. The fourth-order valence-corrected chi connectivity index (χ4v) is 2.30. The van der Waals surface area contributed by atoms with E-state index >= 15 is 0 Å². The van der Waals surface area contributed by atoms with Crippen molar-refractivity contribution in [1.29, 1.82) is 0 Å². The van der Waals surface area contributed by atoms with Crippen LogP contribution in [0, 0.1) is 12.8 Å². The SMILES string of the molecule is Cc1ccc2c(C(=O)O)cn(CC3CC3)c2c1. The molecule has 1 heterocycles. The van der Waals surface area contributed by atoms with E-state index in [4.69, 9.17) is 0 Å². The van der Waals surface area contributed by atoms with E-state index in [2.05, 4.69) is 10.6 Å². The third-order valence-electron chi connectivity index (χ3n) is 3.42. The topological polar surface area (TPSA) is 42.2 Å². The molecule has 0 radical (unpaired) electrons. The minimum absolute atomic E-state index is 0.417. The molecule has 0 unspecified atom stereocenters. The molecule has 0 amide bonds. The molecular formula is C14H15NO2. The largest absolute Gasteiger partial charge is 0.478 e. The van der Waals surface area contributed by atoms with Crippen molar-refractivity contribution in [3.05, 3.63) is 35.5 Å². The summed E-state index contributed by atoms with van der Waals surface area (Å²) in [7, 11) is 0. The second kappa shape index (κ2) is 3.62. The van der Waals surface area contributed by atoms with Crippen molar-refractivity contribution < 1.29 is 9.90 Å². The van der Waals surface area contributed by atoms with Crippen molar-refractivity contribution in [2.24, 2.45) is 5.92 Å². The third-order valence-corrected chi connectivity index (χ3v) is 3.42. The molecule has 88 valence electrons. The van der Waals surface area contributed by atoms with Gasteiger partial charge in [-0.1, -0.05) is 12.1 Å². The van der Waals surface area contributed by atoms with Gasteiger partial charge in [0.15, 0.2) is 0 Å². The number of aromatic nitrogens is 1. The Morgan fingerprint density at radius 3 is 2.88 bits per heavy atom. The maximum Gasteiger partial charge on any atom is 0.337 e. The molecule has 0 atom stereocenters. The second-order valence-corrected chi connectivity index (χ2v) is 4.96. The number of nitrogens with zero attached hydrogens (tertiary/aromatic N) is 1. The molecule has 0 aliphatic heterocycles. The zero-order valence-corrected chi connectivity index (χ0v) is 9.81. The summed E-state index contributed by atoms with van der Waals surface area (Å²) < 4.78 is 2.10. The van der Waals surface area contributed by atoms with Crippen LogP contribution in [0.2, 0.25) is 0 Å². The minimum atomic E-state index is -0.839. The monoisotopic (exact) mass is 229 g/mol. The Balaban J connectivity index is 2.18. The van der Waals surface area contributed by atoms with E-state index in [0.717, 1.165) is 23.4 Å². The molecule has 2 aromatic rings. The van der Waals surface area contributed by atoms with E-state index < -0.39 is 5.97 Å². The predicted octanol–water partition coefficient (Wildman–Crippen LogP) is 3.06. The van der Waals surface area contributed by atoms with E-state index in [0.29, 0.717) is 5.56 Å². The first kappa shape index (κ1) is 10.4. The first-order chi connectivity index (χ1) is 8.15. The lowest BCUT2D eigenvalue weighted by Gasteiger charge is -2.03. The molecule has 17 heavy (non-hydrogen) atoms. The van der Waals surface area contributed by atoms with Gasteiger partial charge in [0, 0.05) is 23.6 Å². The quantitative estimate of drug-likeness (QED) is 0.878. The minimum Gasteiger partial charge on any atom is -0.478 e. The van der Waals surface area contributed by atoms with Crippen LogP contribution in [0.4, 0.5) is 0 Å². The van der Waals surface area contributed by atoms with Gasteiger partial charge in [0.05, 0.1) is 5.56 Å². The van der Waals surface area contributed by atoms with Crippen LogP contribution in [-0.2, 0) is 6.54 Å². The molecule has 1 aliphatic rings. The van der Waals surface area contributed by atoms with Crippen LogP contribution in [0.25, 0.3) is 10.9 Å². The molecule has 1 fully saturated rings. The van der Waals surface area contributed by atoms with Gasteiger partial charge in [-0.2, -0.15) is 0 Å². The molecular weight excluding hydrogens is 214 g/mol. The number of rotatable bonds is 3. The lowest BCUT2D eigenvalue weighted by atomic mass is 10.1. The van der Waals surface area contributed by atoms with Crippen LogP contribution >= 0.6 is 0 Å². The lowest BCUT2D eigenvalue weighted by Crippen LogP contribution is -1.98. The number of aryl methyl sites for hydroxylation is 1. The highest BCUT2D eigenvalue weighted by molar-refractivity contribution is 6.03. The average molecular weight is 229 g/mol. The number of hydrogen-bond donors (Lipinski definition) is 1. The van der Waals surface area contributed by atoms with Gasteiger partial charge in [0.2, 0.25) is 0 Å². The number of carboxylic acids is 1. The highest BCUT2D eigenvalue weighted by Gasteiger charge is 2.23. The van der Waals surface area contributed by atoms with E-state index in [-0.39, 0.29) is 0 Å². The van der Waals surface area contributed by atoms with Gasteiger partial charge in [0.25, 0.3) is 0 Å². The van der Waals surface area contributed by atoms with Crippen LogP contribution in [0.15, 0.2) is 24.4 Å². The molecule has 1 aromatic heterocycles. The van der Waals surface area contributed by atoms with Crippen molar-refractivity contribution in [3.63, 3.8) is 0 Å². The van der Waals surface area contributed by atoms with Gasteiger partial charge in [-0.05, 0) is 37.3 Å². The number of benzene rings is 1. The van der Waals surface area contributed by atoms with Crippen molar-refractivity contribution >= 4 is 16.9 Å². The Hall–Kier alpha value is -1.77. The van der Waals surface area contributed by atoms with Gasteiger partial charge in [-0.3, -0.25) is 0 Å². The molecule has 0 saturated heterocycles. The summed E-state index contributed by atoms with van der Waals surface area (Å²) in [6, 6.07) is 5.96. The summed E-state index contributed by atoms with van der Waals surface area (Å²) in [5, 5.41) is 10.1. The van der Waals surface area contributed by atoms with E-state index in [1.165, 1.54) is 18.4 Å². The van der Waals surface area contributed by atoms with Crippen molar-refractivity contribution in [2.75, 3.05) is 0 Å². The summed E-state index contributed by atoms with van der Waals surface area (Å²) in [6.45, 7) is 2.99. The van der Waals surface area contributed by atoms with Crippen LogP contribution in [0.3, 0.4) is 0 Å². The summed E-state index contributed by atoms with van der Waals surface area (Å²) in [4.78, 5) is 11.2. The molecule has 3 rings (SSSR count). The maximum absolute atomic E-state index is 11.2. The van der Waals surface area contributed by atoms with Gasteiger partial charge < -0.3 is 9.67 Å². The first-order valence-corrected chi connectivity index (χ1v) is 5.98. The van der Waals surface area contributed by atoms with Crippen LogP contribution in [0.5, 0.6) is 0 Å². The molecule has 3 heteroatoms. The van der Waals surface area contributed by atoms with Gasteiger partial charge >= 0.3 is 5.97 Å². The Morgan fingerprint density at radius 2 is 2.24 bits per heavy atom. The number of carbonyl (C=O) groups is 1. The summed E-state index contributed by atoms with van der Waals surface area (Å²) >= 11 is 0. The fraction of sp³-hybridized carbons (Fsp3) is 0.357. The molecule has 0 bridgehead atoms.